The van der Waals surface area contributed by atoms with Crippen molar-refractivity contribution in [3.63, 3.8) is 0 Å². The first-order valence-electron chi connectivity index (χ1n) is 14.9. The van der Waals surface area contributed by atoms with Crippen LogP contribution >= 0.6 is 0 Å². The SMILES string of the molecule is CO.COC(OC)c1ccc(C(=O)O)cc1.NCc1ccco1.O=Cc1ccc(C(=O)NCc2ccco2)cc1.O=Cc1ccc(C(=O)O)cc1. The van der Waals surface area contributed by atoms with E-state index in [0.29, 0.717) is 41.8 Å². The van der Waals surface area contributed by atoms with Crippen molar-refractivity contribution in [1.29, 1.82) is 0 Å². The Hall–Kier alpha value is -6.19. The molecule has 0 spiro atoms. The van der Waals surface area contributed by atoms with Crippen molar-refractivity contribution in [3.05, 3.63) is 154 Å². The van der Waals surface area contributed by atoms with E-state index in [4.69, 9.17) is 39.4 Å². The number of ether oxygens (including phenoxy) is 2. The van der Waals surface area contributed by atoms with E-state index in [1.807, 2.05) is 12.1 Å². The zero-order chi connectivity index (χ0) is 38.0. The molecule has 5 aromatic rings. The van der Waals surface area contributed by atoms with Crippen molar-refractivity contribution in [2.24, 2.45) is 5.73 Å². The topological polar surface area (TPSA) is 229 Å². The summed E-state index contributed by atoms with van der Waals surface area (Å²) in [6.45, 7) is 0.842. The Morgan fingerprint density at radius 2 is 1.10 bits per heavy atom. The number of carboxylic acid groups (broad SMARTS) is 2. The highest BCUT2D eigenvalue weighted by Crippen LogP contribution is 2.17. The lowest BCUT2D eigenvalue weighted by Crippen LogP contribution is -2.22. The Morgan fingerprint density at radius 3 is 1.43 bits per heavy atom. The van der Waals surface area contributed by atoms with Gasteiger partial charge < -0.3 is 44.7 Å². The zero-order valence-corrected chi connectivity index (χ0v) is 28.1. The largest absolute Gasteiger partial charge is 0.478 e. The minimum atomic E-state index is -0.984. The van der Waals surface area contributed by atoms with E-state index in [0.717, 1.165) is 24.7 Å². The average Bonchev–Trinajstić information content (AvgIpc) is 3.92. The number of furan rings is 2. The van der Waals surface area contributed by atoms with Gasteiger partial charge in [-0.25, -0.2) is 9.59 Å². The Morgan fingerprint density at radius 1 is 0.686 bits per heavy atom. The maximum absolute atomic E-state index is 11.7. The predicted molar refractivity (Wildman–Crippen MR) is 185 cm³/mol. The molecular formula is C37H40N2O12. The van der Waals surface area contributed by atoms with Crippen LogP contribution in [0.15, 0.2) is 118 Å². The number of amides is 1. The van der Waals surface area contributed by atoms with Gasteiger partial charge in [0.05, 0.1) is 36.7 Å². The van der Waals surface area contributed by atoms with Crippen molar-refractivity contribution in [2.75, 3.05) is 21.3 Å². The first-order chi connectivity index (χ1) is 24.6. The molecular weight excluding hydrogens is 664 g/mol. The van der Waals surface area contributed by atoms with Crippen molar-refractivity contribution in [2.45, 2.75) is 19.4 Å². The first-order valence-corrected chi connectivity index (χ1v) is 14.9. The summed E-state index contributed by atoms with van der Waals surface area (Å²) in [5.41, 5.74) is 7.98. The van der Waals surface area contributed by atoms with Gasteiger partial charge in [0.2, 0.25) is 0 Å². The summed E-state index contributed by atoms with van der Waals surface area (Å²) in [6.07, 6.45) is 4.14. The number of nitrogens with two attached hydrogens (primary N) is 1. The van der Waals surface area contributed by atoms with Gasteiger partial charge in [0.25, 0.3) is 5.91 Å². The standard InChI is InChI=1S/C13H11NO3.C10H12O4.C8H6O3.C5H7NO.CH4O/c15-9-10-3-5-11(6-4-10)13(16)14-8-12-2-1-7-17-12;1-13-10(14-2)8-5-3-7(4-6-8)9(11)12;9-5-6-1-3-7(4-2-6)8(10)11;6-4-5-2-1-3-7-5;1-2/h1-7,9H,8H2,(H,14,16);3-6,10H,1-2H3,(H,11,12);1-5H,(H,10,11);1-3H,4,6H2;2H,1H3. The highest BCUT2D eigenvalue weighted by Gasteiger charge is 2.10. The Labute approximate surface area is 294 Å². The second-order valence-electron chi connectivity index (χ2n) is 9.56. The number of carboxylic acids is 2. The third-order valence-corrected chi connectivity index (χ3v) is 6.25. The van der Waals surface area contributed by atoms with Crippen molar-refractivity contribution >= 4 is 30.4 Å². The summed E-state index contributed by atoms with van der Waals surface area (Å²) in [6, 6.07) is 25.8. The molecule has 2 aromatic heterocycles. The maximum Gasteiger partial charge on any atom is 0.335 e. The van der Waals surface area contributed by atoms with Gasteiger partial charge in [-0.2, -0.15) is 0 Å². The molecule has 1 amide bonds. The van der Waals surface area contributed by atoms with Crippen LogP contribution in [0, 0.1) is 0 Å². The summed E-state index contributed by atoms with van der Waals surface area (Å²) in [7, 11) is 4.05. The molecule has 5 rings (SSSR count). The Kier molecular flexibility index (Phi) is 20.9. The number of carbonyl (C=O) groups excluding carboxylic acids is 3. The molecule has 0 aliphatic carbocycles. The number of hydrogen-bond acceptors (Lipinski definition) is 11. The molecule has 6 N–H and O–H groups in total. The molecule has 0 aliphatic heterocycles. The Bertz CT molecular complexity index is 1700. The molecule has 2 heterocycles. The van der Waals surface area contributed by atoms with E-state index in [1.165, 1.54) is 50.6 Å². The second-order valence-corrected chi connectivity index (χ2v) is 9.56. The molecule has 0 radical (unpaired) electrons. The summed E-state index contributed by atoms with van der Waals surface area (Å²) >= 11 is 0. The first kappa shape index (κ1) is 42.8. The third-order valence-electron chi connectivity index (χ3n) is 6.25. The summed E-state index contributed by atoms with van der Waals surface area (Å²) in [4.78, 5) is 53.2. The number of aliphatic hydroxyl groups excluding tert-OH is 1. The number of methoxy groups -OCH3 is 2. The number of benzene rings is 3. The van der Waals surface area contributed by atoms with Crippen LogP contribution in [-0.2, 0) is 22.6 Å². The van der Waals surface area contributed by atoms with E-state index in [9.17, 15) is 24.0 Å². The molecule has 0 fully saturated rings. The maximum atomic E-state index is 11.7. The number of aromatic carboxylic acids is 2. The molecule has 3 aromatic carbocycles. The summed E-state index contributed by atoms with van der Waals surface area (Å²) < 4.78 is 20.0. The van der Waals surface area contributed by atoms with Crippen LogP contribution < -0.4 is 11.1 Å². The zero-order valence-electron chi connectivity index (χ0n) is 28.1. The van der Waals surface area contributed by atoms with Gasteiger partial charge in [-0.05, 0) is 60.7 Å². The highest BCUT2D eigenvalue weighted by atomic mass is 16.7. The van der Waals surface area contributed by atoms with Gasteiger partial charge in [0, 0.05) is 43.6 Å². The van der Waals surface area contributed by atoms with Crippen LogP contribution in [0.4, 0.5) is 0 Å². The van der Waals surface area contributed by atoms with Gasteiger partial charge in [-0.15, -0.1) is 0 Å². The van der Waals surface area contributed by atoms with Crippen LogP contribution in [0.25, 0.3) is 0 Å². The van der Waals surface area contributed by atoms with E-state index >= 15 is 0 Å². The van der Waals surface area contributed by atoms with Crippen molar-refractivity contribution in [1.82, 2.24) is 5.32 Å². The van der Waals surface area contributed by atoms with Gasteiger partial charge in [0.15, 0.2) is 6.29 Å². The fourth-order valence-corrected chi connectivity index (χ4v) is 3.68. The van der Waals surface area contributed by atoms with E-state index in [-0.39, 0.29) is 17.0 Å². The molecule has 0 saturated carbocycles. The van der Waals surface area contributed by atoms with Crippen LogP contribution in [0.1, 0.15) is 75.2 Å². The minimum Gasteiger partial charge on any atom is -0.478 e. The molecule has 51 heavy (non-hydrogen) atoms. The number of carbonyl (C=O) groups is 5. The van der Waals surface area contributed by atoms with Crippen molar-refractivity contribution in [3.8, 4) is 0 Å². The highest BCUT2D eigenvalue weighted by molar-refractivity contribution is 5.94. The smallest absolute Gasteiger partial charge is 0.335 e. The van der Waals surface area contributed by atoms with E-state index in [2.05, 4.69) is 5.32 Å². The van der Waals surface area contributed by atoms with E-state index in [1.54, 1.807) is 61.1 Å². The van der Waals surface area contributed by atoms with Gasteiger partial charge in [0.1, 0.15) is 24.1 Å². The average molecular weight is 705 g/mol. The van der Waals surface area contributed by atoms with Crippen LogP contribution in [-0.4, -0.2) is 67.1 Å². The summed E-state index contributed by atoms with van der Waals surface area (Å²) in [5.74, 6) is -0.591. The van der Waals surface area contributed by atoms with Gasteiger partial charge >= 0.3 is 11.9 Å². The third kappa shape index (κ3) is 16.2. The normalized spacial score (nSPS) is 9.53. The fourth-order valence-electron chi connectivity index (χ4n) is 3.68. The predicted octanol–water partition coefficient (Wildman–Crippen LogP) is 5.24. The van der Waals surface area contributed by atoms with Crippen LogP contribution in [0.2, 0.25) is 0 Å². The number of aldehydes is 2. The molecule has 0 saturated heterocycles. The number of nitrogens with one attached hydrogen (secondary N) is 1. The number of aliphatic hydroxyl groups is 1. The quantitative estimate of drug-likeness (QED) is 0.0876. The monoisotopic (exact) mass is 704 g/mol. The van der Waals surface area contributed by atoms with Crippen molar-refractivity contribution < 1.29 is 57.6 Å². The van der Waals surface area contributed by atoms with Gasteiger partial charge in [-0.1, -0.05) is 36.4 Å². The Balaban J connectivity index is 0.000000347. The van der Waals surface area contributed by atoms with Gasteiger partial charge in [-0.3, -0.25) is 14.4 Å². The van der Waals surface area contributed by atoms with E-state index < -0.39 is 18.2 Å². The molecule has 0 unspecified atom stereocenters. The lowest BCUT2D eigenvalue weighted by molar-refractivity contribution is -0.106. The molecule has 14 nitrogen and oxygen atoms in total. The van der Waals surface area contributed by atoms with Crippen LogP contribution in [0.5, 0.6) is 0 Å². The number of hydrogen-bond donors (Lipinski definition) is 5. The molecule has 14 heteroatoms. The molecule has 0 bridgehead atoms. The molecule has 0 aliphatic rings. The molecule has 270 valence electrons. The second kappa shape index (κ2) is 24.9. The lowest BCUT2D eigenvalue weighted by Gasteiger charge is -2.13. The van der Waals surface area contributed by atoms with Crippen LogP contribution in [0.3, 0.4) is 0 Å². The minimum absolute atomic E-state index is 0.190. The molecule has 0 atom stereocenters. The fraction of sp³-hybridized carbons (Fsp3) is 0.162. The summed E-state index contributed by atoms with van der Waals surface area (Å²) in [5, 5.41) is 26.8. The number of rotatable bonds is 11. The lowest BCUT2D eigenvalue weighted by atomic mass is 10.1.